The summed E-state index contributed by atoms with van der Waals surface area (Å²) in [6.07, 6.45) is 0. The fourth-order valence-corrected chi connectivity index (χ4v) is 3.33. The van der Waals surface area contributed by atoms with E-state index in [-0.39, 0.29) is 36.8 Å². The van der Waals surface area contributed by atoms with Crippen LogP contribution in [0, 0.1) is 17.0 Å². The Bertz CT molecular complexity index is 994. The van der Waals surface area contributed by atoms with Crippen LogP contribution in [0.3, 0.4) is 0 Å². The van der Waals surface area contributed by atoms with Gasteiger partial charge in [0.25, 0.3) is 11.6 Å². The first kappa shape index (κ1) is 20.6. The molecular formula is C19H18BrN3O6. The van der Waals surface area contributed by atoms with Crippen molar-refractivity contribution in [2.45, 2.75) is 6.92 Å². The van der Waals surface area contributed by atoms with E-state index in [9.17, 15) is 19.7 Å². The maximum absolute atomic E-state index is 12.8. The van der Waals surface area contributed by atoms with Crippen LogP contribution >= 0.6 is 15.9 Å². The Kier molecular flexibility index (Phi) is 6.02. The Labute approximate surface area is 174 Å². The average molecular weight is 464 g/mol. The van der Waals surface area contributed by atoms with Crippen molar-refractivity contribution in [1.82, 2.24) is 4.90 Å². The molecule has 0 fully saturated rings. The van der Waals surface area contributed by atoms with Crippen LogP contribution in [0.4, 0.5) is 11.4 Å². The number of aryl methyl sites for hydroxylation is 1. The van der Waals surface area contributed by atoms with Crippen molar-refractivity contribution in [3.8, 4) is 11.5 Å². The molecule has 2 amide bonds. The number of benzene rings is 2. The highest BCUT2D eigenvalue weighted by Gasteiger charge is 2.28. The van der Waals surface area contributed by atoms with Gasteiger partial charge in [0, 0.05) is 23.3 Å². The number of fused-ring (bicyclic) bond motifs is 1. The van der Waals surface area contributed by atoms with E-state index < -0.39 is 22.4 Å². The quantitative estimate of drug-likeness (QED) is 0.538. The van der Waals surface area contributed by atoms with Crippen LogP contribution in [0.25, 0.3) is 0 Å². The van der Waals surface area contributed by atoms with Crippen molar-refractivity contribution >= 4 is 39.1 Å². The number of nitro groups is 1. The summed E-state index contributed by atoms with van der Waals surface area (Å²) in [5.74, 6) is -0.623. The number of anilines is 1. The number of halogens is 1. The monoisotopic (exact) mass is 463 g/mol. The molecule has 2 aromatic rings. The molecule has 0 saturated heterocycles. The second-order valence-electron chi connectivity index (χ2n) is 6.44. The van der Waals surface area contributed by atoms with Gasteiger partial charge in [0.1, 0.15) is 18.8 Å². The summed E-state index contributed by atoms with van der Waals surface area (Å²) in [6, 6.07) is 7.83. The molecule has 0 bridgehead atoms. The summed E-state index contributed by atoms with van der Waals surface area (Å²) >= 11 is 3.35. The van der Waals surface area contributed by atoms with Crippen LogP contribution in [-0.4, -0.2) is 48.4 Å². The fraction of sp³-hybridized carbons (Fsp3) is 0.263. The van der Waals surface area contributed by atoms with Crippen molar-refractivity contribution in [2.75, 3.05) is 32.1 Å². The minimum atomic E-state index is -0.670. The second kappa shape index (κ2) is 8.48. The first-order valence-corrected chi connectivity index (χ1v) is 9.45. The molecule has 0 saturated carbocycles. The summed E-state index contributed by atoms with van der Waals surface area (Å²) in [7, 11) is 1.40. The van der Waals surface area contributed by atoms with Gasteiger partial charge in [-0.3, -0.25) is 19.7 Å². The minimum Gasteiger partial charge on any atom is -0.486 e. The Morgan fingerprint density at radius 3 is 2.48 bits per heavy atom. The smallest absolute Gasteiger partial charge is 0.286 e. The summed E-state index contributed by atoms with van der Waals surface area (Å²) < 4.78 is 11.6. The Morgan fingerprint density at radius 2 is 1.86 bits per heavy atom. The second-order valence-corrected chi connectivity index (χ2v) is 7.35. The van der Waals surface area contributed by atoms with Gasteiger partial charge in [-0.15, -0.1) is 0 Å². The number of carbonyl (C=O) groups excluding carboxylic acids is 2. The zero-order chi connectivity index (χ0) is 21.1. The van der Waals surface area contributed by atoms with E-state index in [4.69, 9.17) is 9.47 Å². The largest absolute Gasteiger partial charge is 0.486 e. The summed E-state index contributed by atoms with van der Waals surface area (Å²) in [5, 5.41) is 14.1. The van der Waals surface area contributed by atoms with E-state index in [1.165, 1.54) is 19.2 Å². The number of carbonyl (C=O) groups is 2. The minimum absolute atomic E-state index is 0.172. The highest BCUT2D eigenvalue weighted by molar-refractivity contribution is 9.10. The first-order valence-electron chi connectivity index (χ1n) is 8.65. The van der Waals surface area contributed by atoms with E-state index in [1.807, 2.05) is 13.0 Å². The van der Waals surface area contributed by atoms with Crippen molar-refractivity contribution in [2.24, 2.45) is 0 Å². The van der Waals surface area contributed by atoms with E-state index in [0.717, 1.165) is 14.9 Å². The highest BCUT2D eigenvalue weighted by atomic mass is 79.9. The molecule has 0 radical (unpaired) electrons. The SMILES string of the molecule is Cc1cc(Br)ccc1NC(=O)CN(C)C(=O)c1cc2c(cc1[N+](=O)[O-])OCCO2. The maximum atomic E-state index is 12.8. The number of rotatable bonds is 5. The lowest BCUT2D eigenvalue weighted by molar-refractivity contribution is -0.385. The van der Waals surface area contributed by atoms with Gasteiger partial charge >= 0.3 is 0 Å². The van der Waals surface area contributed by atoms with Gasteiger partial charge in [0.15, 0.2) is 11.5 Å². The Morgan fingerprint density at radius 1 is 1.21 bits per heavy atom. The van der Waals surface area contributed by atoms with Gasteiger partial charge in [-0.05, 0) is 30.7 Å². The maximum Gasteiger partial charge on any atom is 0.286 e. The van der Waals surface area contributed by atoms with Crippen molar-refractivity contribution in [3.05, 3.63) is 56.0 Å². The Balaban J connectivity index is 1.77. The third-order valence-electron chi connectivity index (χ3n) is 4.28. The summed E-state index contributed by atoms with van der Waals surface area (Å²) in [4.78, 5) is 37.0. The zero-order valence-electron chi connectivity index (χ0n) is 15.7. The van der Waals surface area contributed by atoms with Crippen molar-refractivity contribution in [1.29, 1.82) is 0 Å². The molecule has 0 unspecified atom stereocenters. The number of amides is 2. The van der Waals surface area contributed by atoms with Crippen LogP contribution in [-0.2, 0) is 4.79 Å². The van der Waals surface area contributed by atoms with Crippen LogP contribution in [0.2, 0.25) is 0 Å². The number of ether oxygens (including phenoxy) is 2. The molecule has 1 aliphatic rings. The van der Waals surface area contributed by atoms with E-state index in [0.29, 0.717) is 5.69 Å². The molecular weight excluding hydrogens is 446 g/mol. The predicted molar refractivity (Wildman–Crippen MR) is 109 cm³/mol. The summed E-state index contributed by atoms with van der Waals surface area (Å²) in [6.45, 7) is 2.12. The lowest BCUT2D eigenvalue weighted by Crippen LogP contribution is -2.35. The van der Waals surface area contributed by atoms with Crippen LogP contribution in [0.15, 0.2) is 34.8 Å². The summed E-state index contributed by atoms with van der Waals surface area (Å²) in [5.41, 5.74) is 0.887. The van der Waals surface area contributed by atoms with Crippen LogP contribution in [0.5, 0.6) is 11.5 Å². The van der Waals surface area contributed by atoms with E-state index in [2.05, 4.69) is 21.2 Å². The van der Waals surface area contributed by atoms with Gasteiger partial charge in [-0.25, -0.2) is 0 Å². The number of hydrogen-bond donors (Lipinski definition) is 1. The average Bonchev–Trinajstić information content (AvgIpc) is 2.68. The number of hydrogen-bond acceptors (Lipinski definition) is 6. The van der Waals surface area contributed by atoms with Crippen molar-refractivity contribution < 1.29 is 24.0 Å². The molecule has 152 valence electrons. The lowest BCUT2D eigenvalue weighted by Gasteiger charge is -2.21. The van der Waals surface area contributed by atoms with Gasteiger partial charge < -0.3 is 19.7 Å². The molecule has 0 aliphatic carbocycles. The van der Waals surface area contributed by atoms with Gasteiger partial charge in [-0.2, -0.15) is 0 Å². The molecule has 9 nitrogen and oxygen atoms in total. The molecule has 0 spiro atoms. The van der Waals surface area contributed by atoms with Gasteiger partial charge in [0.05, 0.1) is 17.5 Å². The first-order chi connectivity index (χ1) is 13.8. The van der Waals surface area contributed by atoms with Crippen LogP contribution < -0.4 is 14.8 Å². The van der Waals surface area contributed by atoms with E-state index >= 15 is 0 Å². The van der Waals surface area contributed by atoms with Gasteiger partial charge in [0.2, 0.25) is 5.91 Å². The van der Waals surface area contributed by atoms with E-state index in [1.54, 1.807) is 12.1 Å². The molecule has 1 aliphatic heterocycles. The van der Waals surface area contributed by atoms with Gasteiger partial charge in [-0.1, -0.05) is 15.9 Å². The molecule has 3 rings (SSSR count). The molecule has 0 atom stereocenters. The lowest BCUT2D eigenvalue weighted by atomic mass is 10.1. The topological polar surface area (TPSA) is 111 Å². The number of nitrogens with zero attached hydrogens (tertiary/aromatic N) is 2. The van der Waals surface area contributed by atoms with Crippen molar-refractivity contribution in [3.63, 3.8) is 0 Å². The number of nitrogens with one attached hydrogen (secondary N) is 1. The molecule has 2 aromatic carbocycles. The fourth-order valence-electron chi connectivity index (χ4n) is 2.85. The predicted octanol–water partition coefficient (Wildman–Crippen LogP) is 3.15. The molecule has 29 heavy (non-hydrogen) atoms. The molecule has 0 aromatic heterocycles. The standard InChI is InChI=1S/C19H18BrN3O6/c1-11-7-12(20)3-4-14(11)21-18(24)10-22(2)19(25)13-8-16-17(29-6-5-28-16)9-15(13)23(26)27/h3-4,7-9H,5-6,10H2,1-2H3,(H,21,24). The molecule has 10 heteroatoms. The number of nitro benzene ring substituents is 1. The Hall–Kier alpha value is -3.14. The molecule has 1 N–H and O–H groups in total. The molecule has 1 heterocycles. The number of likely N-dealkylation sites (N-methyl/N-ethyl adjacent to an activating group) is 1. The zero-order valence-corrected chi connectivity index (χ0v) is 17.3. The highest BCUT2D eigenvalue weighted by Crippen LogP contribution is 2.37. The third kappa shape index (κ3) is 4.65. The third-order valence-corrected chi connectivity index (χ3v) is 4.77. The van der Waals surface area contributed by atoms with Crippen LogP contribution in [0.1, 0.15) is 15.9 Å². The normalized spacial score (nSPS) is 12.2.